The number of piperidine rings is 2. The van der Waals surface area contributed by atoms with E-state index >= 15 is 0 Å². The third-order valence-electron chi connectivity index (χ3n) is 6.14. The van der Waals surface area contributed by atoms with Crippen molar-refractivity contribution < 1.29 is 19.1 Å². The lowest BCUT2D eigenvalue weighted by molar-refractivity contribution is -0.230. The predicted molar refractivity (Wildman–Crippen MR) is 92.6 cm³/mol. The second-order valence-electron chi connectivity index (χ2n) is 7.04. The van der Waals surface area contributed by atoms with Crippen molar-refractivity contribution >= 4 is 11.8 Å². The van der Waals surface area contributed by atoms with E-state index in [-0.39, 0.29) is 23.7 Å². The van der Waals surface area contributed by atoms with Gasteiger partial charge in [0.15, 0.2) is 0 Å². The fourth-order valence-electron chi connectivity index (χ4n) is 5.01. The molecular weight excluding hydrogens is 332 g/mol. The first-order valence-corrected chi connectivity index (χ1v) is 8.51. The SMILES string of the molecule is COc1ccc(C23NC(=O)C2C2(c4ccc(OC)cc4)NC(=O)C32)cc1. The molecule has 0 atom stereocenters. The Morgan fingerprint density at radius 3 is 1.31 bits per heavy atom. The van der Waals surface area contributed by atoms with Gasteiger partial charge in [-0.3, -0.25) is 9.59 Å². The lowest BCUT2D eigenvalue weighted by atomic mass is 9.35. The Morgan fingerprint density at radius 1 is 0.692 bits per heavy atom. The second kappa shape index (κ2) is 4.78. The van der Waals surface area contributed by atoms with E-state index in [4.69, 9.17) is 9.47 Å². The summed E-state index contributed by atoms with van der Waals surface area (Å²) in [5, 5.41) is 6.05. The number of amides is 2. The zero-order valence-electron chi connectivity index (χ0n) is 14.4. The molecule has 6 nitrogen and oxygen atoms in total. The largest absolute Gasteiger partial charge is 0.497 e. The van der Waals surface area contributed by atoms with E-state index in [2.05, 4.69) is 10.6 Å². The topological polar surface area (TPSA) is 76.7 Å². The summed E-state index contributed by atoms with van der Waals surface area (Å²) in [4.78, 5) is 25.0. The summed E-state index contributed by atoms with van der Waals surface area (Å²) in [6.07, 6.45) is 0. The smallest absolute Gasteiger partial charge is 0.229 e. The van der Waals surface area contributed by atoms with Gasteiger partial charge < -0.3 is 20.1 Å². The minimum Gasteiger partial charge on any atom is -0.497 e. The number of β-lactam (4-membered cyclic amide) rings is 2. The van der Waals surface area contributed by atoms with Gasteiger partial charge in [-0.15, -0.1) is 0 Å². The van der Waals surface area contributed by atoms with Gasteiger partial charge in [0.2, 0.25) is 11.8 Å². The highest BCUT2D eigenvalue weighted by Gasteiger charge is 2.87. The molecule has 26 heavy (non-hydrogen) atoms. The standard InChI is InChI=1S/C20H18N2O4/c1-25-13-7-3-11(4-8-13)19-15(17(23)21-19)20(16(19)18(24)22-20)12-5-9-14(26-2)10-6-12/h3-10,15-16H,1-2H3,(H,21,23)(H,22,24). The maximum Gasteiger partial charge on any atom is 0.229 e. The summed E-state index contributed by atoms with van der Waals surface area (Å²) in [5.41, 5.74) is 0.607. The number of carbonyl (C=O) groups excluding carboxylic acids is 2. The normalized spacial score (nSPS) is 33.3. The minimum atomic E-state index is -0.633. The van der Waals surface area contributed by atoms with Crippen LogP contribution in [-0.4, -0.2) is 26.0 Å². The van der Waals surface area contributed by atoms with Crippen LogP contribution in [0.2, 0.25) is 0 Å². The monoisotopic (exact) mass is 350 g/mol. The van der Waals surface area contributed by atoms with Crippen molar-refractivity contribution in [1.29, 1.82) is 0 Å². The molecular formula is C20H18N2O4. The molecule has 5 rings (SSSR count). The summed E-state index contributed by atoms with van der Waals surface area (Å²) in [6, 6.07) is 15.1. The van der Waals surface area contributed by atoms with E-state index in [9.17, 15) is 9.59 Å². The zero-order chi connectivity index (χ0) is 18.1. The first-order chi connectivity index (χ1) is 12.6. The Labute approximate surface area is 150 Å². The van der Waals surface area contributed by atoms with Crippen LogP contribution < -0.4 is 20.1 Å². The number of rotatable bonds is 4. The quantitative estimate of drug-likeness (QED) is 0.815. The van der Waals surface area contributed by atoms with Crippen LogP contribution in [0.3, 0.4) is 0 Å². The lowest BCUT2D eigenvalue weighted by Crippen LogP contribution is -2.97. The summed E-state index contributed by atoms with van der Waals surface area (Å²) >= 11 is 0. The molecule has 2 heterocycles. The van der Waals surface area contributed by atoms with Crippen LogP contribution in [0.1, 0.15) is 11.1 Å². The van der Waals surface area contributed by atoms with Crippen LogP contribution in [0.15, 0.2) is 48.5 Å². The fraction of sp³-hybridized carbons (Fsp3) is 0.300. The molecule has 2 saturated heterocycles. The van der Waals surface area contributed by atoms with Crippen LogP contribution in [-0.2, 0) is 20.7 Å². The molecule has 6 heteroatoms. The molecule has 2 aliphatic heterocycles. The molecule has 0 aromatic heterocycles. The van der Waals surface area contributed by atoms with E-state index in [1.165, 1.54) is 0 Å². The molecule has 1 saturated carbocycles. The molecule has 132 valence electrons. The maximum atomic E-state index is 12.5. The van der Waals surface area contributed by atoms with Gasteiger partial charge in [0, 0.05) is 0 Å². The number of benzene rings is 2. The second-order valence-corrected chi connectivity index (χ2v) is 7.04. The van der Waals surface area contributed by atoms with E-state index in [0.29, 0.717) is 0 Å². The van der Waals surface area contributed by atoms with E-state index < -0.39 is 11.1 Å². The van der Waals surface area contributed by atoms with Gasteiger partial charge in [-0.25, -0.2) is 0 Å². The third kappa shape index (κ3) is 1.49. The van der Waals surface area contributed by atoms with Gasteiger partial charge in [-0.2, -0.15) is 0 Å². The number of nitrogens with one attached hydrogen (secondary N) is 2. The highest BCUT2D eigenvalue weighted by molar-refractivity contribution is 6.05. The molecule has 0 bridgehead atoms. The minimum absolute atomic E-state index is 0.0344. The van der Waals surface area contributed by atoms with Crippen molar-refractivity contribution in [1.82, 2.24) is 10.6 Å². The summed E-state index contributed by atoms with van der Waals surface area (Å²) in [5.74, 6) is 0.775. The molecule has 0 unspecified atom stereocenters. The molecule has 2 aromatic carbocycles. The van der Waals surface area contributed by atoms with Crippen molar-refractivity contribution in [2.45, 2.75) is 11.1 Å². The van der Waals surface area contributed by atoms with Crippen molar-refractivity contribution in [3.63, 3.8) is 0 Å². The number of methoxy groups -OCH3 is 2. The van der Waals surface area contributed by atoms with E-state index in [0.717, 1.165) is 22.6 Å². The van der Waals surface area contributed by atoms with Gasteiger partial charge in [0.05, 0.1) is 37.1 Å². The Balaban J connectivity index is 1.58. The lowest BCUT2D eigenvalue weighted by Gasteiger charge is -2.77. The van der Waals surface area contributed by atoms with Gasteiger partial charge >= 0.3 is 0 Å². The van der Waals surface area contributed by atoms with Crippen molar-refractivity contribution in [2.75, 3.05) is 14.2 Å². The van der Waals surface area contributed by atoms with Gasteiger partial charge in [-0.1, -0.05) is 24.3 Å². The van der Waals surface area contributed by atoms with Gasteiger partial charge in [-0.05, 0) is 35.4 Å². The Morgan fingerprint density at radius 2 is 1.04 bits per heavy atom. The highest BCUT2D eigenvalue weighted by Crippen LogP contribution is 2.71. The maximum absolute atomic E-state index is 12.5. The van der Waals surface area contributed by atoms with E-state index in [1.54, 1.807) is 14.2 Å². The molecule has 0 spiro atoms. The third-order valence-corrected chi connectivity index (χ3v) is 6.14. The highest BCUT2D eigenvalue weighted by atomic mass is 16.5. The molecule has 1 aliphatic carbocycles. The summed E-state index contributed by atoms with van der Waals surface area (Å²) in [6.45, 7) is 0. The number of carbonyl (C=O) groups is 2. The first-order valence-electron chi connectivity index (χ1n) is 8.51. The zero-order valence-corrected chi connectivity index (χ0v) is 14.4. The first kappa shape index (κ1) is 15.3. The van der Waals surface area contributed by atoms with Crippen molar-refractivity contribution in [3.8, 4) is 11.5 Å². The van der Waals surface area contributed by atoms with Gasteiger partial charge in [0.25, 0.3) is 0 Å². The molecule has 3 fully saturated rings. The summed E-state index contributed by atoms with van der Waals surface area (Å²) < 4.78 is 10.4. The van der Waals surface area contributed by atoms with Crippen LogP contribution in [0, 0.1) is 11.8 Å². The summed E-state index contributed by atoms with van der Waals surface area (Å²) in [7, 11) is 3.22. The van der Waals surface area contributed by atoms with E-state index in [1.807, 2.05) is 48.5 Å². The number of fused-ring (bicyclic) bond motifs is 4. The molecule has 0 radical (unpaired) electrons. The average Bonchev–Trinajstić information content (AvgIpc) is 2.65. The van der Waals surface area contributed by atoms with Crippen molar-refractivity contribution in [2.24, 2.45) is 11.8 Å². The van der Waals surface area contributed by atoms with Crippen LogP contribution in [0.5, 0.6) is 11.5 Å². The van der Waals surface area contributed by atoms with Crippen LogP contribution in [0.4, 0.5) is 0 Å². The van der Waals surface area contributed by atoms with Gasteiger partial charge in [0.1, 0.15) is 11.5 Å². The molecule has 2 N–H and O–H groups in total. The Bertz CT molecular complexity index is 834. The average molecular weight is 350 g/mol. The fourth-order valence-corrected chi connectivity index (χ4v) is 5.01. The Hall–Kier alpha value is -3.02. The number of hydrogen-bond donors (Lipinski definition) is 2. The molecule has 2 aromatic rings. The number of hydrogen-bond acceptors (Lipinski definition) is 4. The predicted octanol–water partition coefficient (Wildman–Crippen LogP) is 1.30. The molecule has 2 amide bonds. The van der Waals surface area contributed by atoms with Crippen LogP contribution in [0.25, 0.3) is 0 Å². The Kier molecular flexibility index (Phi) is 2.81. The van der Waals surface area contributed by atoms with Crippen LogP contribution >= 0.6 is 0 Å². The van der Waals surface area contributed by atoms with Crippen molar-refractivity contribution in [3.05, 3.63) is 59.7 Å². The number of ether oxygens (including phenoxy) is 2. The molecule has 3 aliphatic rings.